The predicted molar refractivity (Wildman–Crippen MR) is 96.0 cm³/mol. The summed E-state index contributed by atoms with van der Waals surface area (Å²) in [6.07, 6.45) is 3.59. The highest BCUT2D eigenvalue weighted by Gasteiger charge is 2.55. The highest BCUT2D eigenvalue weighted by molar-refractivity contribution is 7.09. The summed E-state index contributed by atoms with van der Waals surface area (Å²) in [5.74, 6) is -0.323. The maximum atomic E-state index is 12.9. The molecule has 1 aromatic heterocycles. The van der Waals surface area contributed by atoms with E-state index in [4.69, 9.17) is 0 Å². The zero-order valence-electron chi connectivity index (χ0n) is 14.8. The fourth-order valence-electron chi connectivity index (χ4n) is 3.84. The molecular formula is C18H25N3O3S. The summed E-state index contributed by atoms with van der Waals surface area (Å²) in [5.41, 5.74) is -0.805. The molecule has 1 aliphatic heterocycles. The third kappa shape index (κ3) is 3.29. The molecule has 3 rings (SSSR count). The molecule has 4 amide bonds. The number of thiophene rings is 1. The summed E-state index contributed by atoms with van der Waals surface area (Å²) in [7, 11) is 0. The van der Waals surface area contributed by atoms with E-state index in [1.807, 2.05) is 31.4 Å². The zero-order valence-corrected chi connectivity index (χ0v) is 15.6. The molecule has 2 fully saturated rings. The molecule has 0 unspecified atom stereocenters. The first-order valence-corrected chi connectivity index (χ1v) is 9.80. The first-order chi connectivity index (χ1) is 12.0. The number of likely N-dealkylation sites (N-methyl/N-ethyl adjacent to an activating group) is 1. The van der Waals surface area contributed by atoms with Crippen LogP contribution in [-0.4, -0.2) is 46.3 Å². The smallest absolute Gasteiger partial charge is 0.325 e. The second-order valence-corrected chi connectivity index (χ2v) is 7.96. The number of amides is 4. The average molecular weight is 363 g/mol. The van der Waals surface area contributed by atoms with E-state index in [1.165, 1.54) is 0 Å². The minimum atomic E-state index is -0.805. The van der Waals surface area contributed by atoms with Gasteiger partial charge in [0.2, 0.25) is 5.91 Å². The molecule has 0 aromatic carbocycles. The summed E-state index contributed by atoms with van der Waals surface area (Å²) in [4.78, 5) is 41.9. The minimum absolute atomic E-state index is 0.103. The monoisotopic (exact) mass is 363 g/mol. The van der Waals surface area contributed by atoms with E-state index in [-0.39, 0.29) is 24.3 Å². The van der Waals surface area contributed by atoms with Crippen LogP contribution < -0.4 is 5.32 Å². The van der Waals surface area contributed by atoms with Crippen LogP contribution in [0.1, 0.15) is 44.4 Å². The lowest BCUT2D eigenvalue weighted by atomic mass is 9.73. The normalized spacial score (nSPS) is 26.2. The molecule has 2 heterocycles. The Balaban J connectivity index is 1.70. The Morgan fingerprint density at radius 1 is 1.44 bits per heavy atom. The fourth-order valence-corrected chi connectivity index (χ4v) is 4.56. The SMILES string of the molecule is CCN(Cc1cccs1)C(=O)CN1C(=O)N[C@]2(CCCC[C@@H]2C)C1=O. The van der Waals surface area contributed by atoms with Gasteiger partial charge in [0.25, 0.3) is 5.91 Å². The molecular weight excluding hydrogens is 338 g/mol. The van der Waals surface area contributed by atoms with Crippen LogP contribution in [-0.2, 0) is 16.1 Å². The van der Waals surface area contributed by atoms with Gasteiger partial charge in [0.05, 0.1) is 6.54 Å². The van der Waals surface area contributed by atoms with Gasteiger partial charge in [-0.3, -0.25) is 14.5 Å². The van der Waals surface area contributed by atoms with Gasteiger partial charge in [-0.05, 0) is 37.1 Å². The van der Waals surface area contributed by atoms with Crippen molar-refractivity contribution < 1.29 is 14.4 Å². The molecule has 2 aliphatic rings. The van der Waals surface area contributed by atoms with E-state index in [0.29, 0.717) is 19.5 Å². The van der Waals surface area contributed by atoms with Gasteiger partial charge in [-0.1, -0.05) is 25.8 Å². The number of urea groups is 1. The number of carbonyl (C=O) groups is 3. The van der Waals surface area contributed by atoms with Crippen LogP contribution in [0.25, 0.3) is 0 Å². The molecule has 2 atom stereocenters. The molecule has 1 N–H and O–H groups in total. The third-order valence-corrected chi connectivity index (χ3v) is 6.32. The van der Waals surface area contributed by atoms with Gasteiger partial charge in [0.1, 0.15) is 12.1 Å². The van der Waals surface area contributed by atoms with Gasteiger partial charge in [-0.25, -0.2) is 4.79 Å². The number of nitrogens with one attached hydrogen (secondary N) is 1. The van der Waals surface area contributed by atoms with E-state index >= 15 is 0 Å². The van der Waals surface area contributed by atoms with Crippen LogP contribution in [0, 0.1) is 5.92 Å². The molecule has 0 radical (unpaired) electrons. The van der Waals surface area contributed by atoms with Crippen molar-refractivity contribution in [3.05, 3.63) is 22.4 Å². The van der Waals surface area contributed by atoms with E-state index in [1.54, 1.807) is 16.2 Å². The van der Waals surface area contributed by atoms with Crippen LogP contribution in [0.5, 0.6) is 0 Å². The molecule has 6 nitrogen and oxygen atoms in total. The lowest BCUT2D eigenvalue weighted by Gasteiger charge is -2.36. The highest BCUT2D eigenvalue weighted by Crippen LogP contribution is 2.38. The standard InChI is InChI=1S/C18H25N3O3S/c1-3-20(11-14-8-6-10-25-14)15(22)12-21-16(23)18(19-17(21)24)9-5-4-7-13(18)2/h6,8,10,13H,3-5,7,9,11-12H2,1-2H3,(H,19,24)/t13-,18-/m0/s1. The Morgan fingerprint density at radius 3 is 2.88 bits per heavy atom. The maximum absolute atomic E-state index is 12.9. The van der Waals surface area contributed by atoms with Gasteiger partial charge in [0, 0.05) is 11.4 Å². The van der Waals surface area contributed by atoms with Crippen molar-refractivity contribution in [2.45, 2.75) is 51.6 Å². The number of rotatable bonds is 5. The Kier molecular flexibility index (Phi) is 5.13. The first-order valence-electron chi connectivity index (χ1n) is 8.92. The van der Waals surface area contributed by atoms with E-state index in [9.17, 15) is 14.4 Å². The number of imide groups is 1. The number of carbonyl (C=O) groups excluding carboxylic acids is 3. The van der Waals surface area contributed by atoms with Crippen molar-refractivity contribution in [1.29, 1.82) is 0 Å². The molecule has 1 saturated carbocycles. The Labute approximate surface area is 152 Å². The maximum Gasteiger partial charge on any atom is 0.325 e. The zero-order chi connectivity index (χ0) is 18.0. The number of hydrogen-bond donors (Lipinski definition) is 1. The summed E-state index contributed by atoms with van der Waals surface area (Å²) in [6.45, 7) is 4.79. The van der Waals surface area contributed by atoms with Crippen molar-refractivity contribution >= 4 is 29.2 Å². The van der Waals surface area contributed by atoms with Gasteiger partial charge < -0.3 is 10.2 Å². The van der Waals surface area contributed by atoms with Crippen LogP contribution in [0.4, 0.5) is 4.79 Å². The van der Waals surface area contributed by atoms with Crippen molar-refractivity contribution in [2.75, 3.05) is 13.1 Å². The first kappa shape index (κ1) is 17.9. The van der Waals surface area contributed by atoms with Gasteiger partial charge in [0.15, 0.2) is 0 Å². The molecule has 136 valence electrons. The van der Waals surface area contributed by atoms with Crippen molar-refractivity contribution in [3.63, 3.8) is 0 Å². The summed E-state index contributed by atoms with van der Waals surface area (Å²) >= 11 is 1.59. The van der Waals surface area contributed by atoms with Crippen LogP contribution in [0.15, 0.2) is 17.5 Å². The van der Waals surface area contributed by atoms with E-state index < -0.39 is 11.6 Å². The summed E-state index contributed by atoms with van der Waals surface area (Å²) < 4.78 is 0. The molecule has 25 heavy (non-hydrogen) atoms. The Bertz CT molecular complexity index is 661. The number of nitrogens with zero attached hydrogens (tertiary/aromatic N) is 2. The van der Waals surface area contributed by atoms with Gasteiger partial charge in [-0.2, -0.15) is 0 Å². The van der Waals surface area contributed by atoms with E-state index in [0.717, 1.165) is 29.0 Å². The van der Waals surface area contributed by atoms with Crippen LogP contribution in [0.2, 0.25) is 0 Å². The molecule has 0 bridgehead atoms. The summed E-state index contributed by atoms with van der Waals surface area (Å²) in [6, 6.07) is 3.50. The van der Waals surface area contributed by atoms with Crippen molar-refractivity contribution in [2.24, 2.45) is 5.92 Å². The number of hydrogen-bond acceptors (Lipinski definition) is 4. The molecule has 7 heteroatoms. The van der Waals surface area contributed by atoms with E-state index in [2.05, 4.69) is 5.32 Å². The van der Waals surface area contributed by atoms with Crippen LogP contribution >= 0.6 is 11.3 Å². The molecule has 1 saturated heterocycles. The Hall–Kier alpha value is -1.89. The van der Waals surface area contributed by atoms with Crippen molar-refractivity contribution in [1.82, 2.24) is 15.1 Å². The lowest BCUT2D eigenvalue weighted by Crippen LogP contribution is -2.54. The highest BCUT2D eigenvalue weighted by atomic mass is 32.1. The predicted octanol–water partition coefficient (Wildman–Crippen LogP) is 2.60. The molecule has 1 aromatic rings. The average Bonchev–Trinajstić information content (AvgIpc) is 3.18. The van der Waals surface area contributed by atoms with Gasteiger partial charge in [-0.15, -0.1) is 11.3 Å². The minimum Gasteiger partial charge on any atom is -0.336 e. The fraction of sp³-hybridized carbons (Fsp3) is 0.611. The van der Waals surface area contributed by atoms with Gasteiger partial charge >= 0.3 is 6.03 Å². The Morgan fingerprint density at radius 2 is 2.24 bits per heavy atom. The van der Waals surface area contributed by atoms with Crippen molar-refractivity contribution in [3.8, 4) is 0 Å². The quantitative estimate of drug-likeness (QED) is 0.818. The lowest BCUT2D eigenvalue weighted by molar-refractivity contribution is -0.140. The second-order valence-electron chi connectivity index (χ2n) is 6.93. The second kappa shape index (κ2) is 7.15. The van der Waals surface area contributed by atoms with Crippen LogP contribution in [0.3, 0.4) is 0 Å². The molecule has 1 spiro atoms. The topological polar surface area (TPSA) is 69.7 Å². The molecule has 1 aliphatic carbocycles. The third-order valence-electron chi connectivity index (χ3n) is 5.46. The largest absolute Gasteiger partial charge is 0.336 e. The summed E-state index contributed by atoms with van der Waals surface area (Å²) in [5, 5.41) is 4.87.